The van der Waals surface area contributed by atoms with E-state index in [1.807, 2.05) is 13.8 Å². The van der Waals surface area contributed by atoms with Gasteiger partial charge in [0.05, 0.1) is 12.8 Å². The molecule has 1 aromatic heterocycles. The van der Waals surface area contributed by atoms with Crippen LogP contribution in [-0.2, 0) is 16.1 Å². The van der Waals surface area contributed by atoms with E-state index in [2.05, 4.69) is 20.8 Å². The zero-order valence-electron chi connectivity index (χ0n) is 11.3. The number of hydrogen-bond acceptors (Lipinski definition) is 5. The van der Waals surface area contributed by atoms with E-state index in [1.54, 1.807) is 6.92 Å². The zero-order valence-corrected chi connectivity index (χ0v) is 11.3. The first kappa shape index (κ1) is 14.9. The SMILES string of the molecule is CCOC(=O)Nc1cnn(CC(=O)NCC(C)C)n1. The highest BCUT2D eigenvalue weighted by molar-refractivity contribution is 5.83. The van der Waals surface area contributed by atoms with Crippen molar-refractivity contribution in [1.82, 2.24) is 20.3 Å². The molecule has 0 aliphatic heterocycles. The quantitative estimate of drug-likeness (QED) is 0.788. The number of aromatic nitrogens is 3. The number of ether oxygens (including phenoxy) is 1. The largest absolute Gasteiger partial charge is 0.450 e. The summed E-state index contributed by atoms with van der Waals surface area (Å²) in [6, 6.07) is 0. The third-order valence-electron chi connectivity index (χ3n) is 2.03. The molecule has 0 radical (unpaired) electrons. The molecule has 1 heterocycles. The van der Waals surface area contributed by atoms with Crippen LogP contribution in [0.5, 0.6) is 0 Å². The van der Waals surface area contributed by atoms with Gasteiger partial charge in [-0.2, -0.15) is 9.90 Å². The average molecular weight is 269 g/mol. The fraction of sp³-hybridized carbons (Fsp3) is 0.636. The lowest BCUT2D eigenvalue weighted by Gasteiger charge is -2.06. The van der Waals surface area contributed by atoms with Crippen LogP contribution in [0.25, 0.3) is 0 Å². The molecule has 2 amide bonds. The number of rotatable bonds is 6. The van der Waals surface area contributed by atoms with E-state index >= 15 is 0 Å². The smallest absolute Gasteiger partial charge is 0.412 e. The predicted molar refractivity (Wildman–Crippen MR) is 68.5 cm³/mol. The molecule has 0 saturated heterocycles. The molecule has 19 heavy (non-hydrogen) atoms. The second-order valence-electron chi connectivity index (χ2n) is 4.30. The van der Waals surface area contributed by atoms with Crippen molar-refractivity contribution in [3.05, 3.63) is 6.20 Å². The van der Waals surface area contributed by atoms with Crippen molar-refractivity contribution in [1.29, 1.82) is 0 Å². The molecule has 0 atom stereocenters. The normalized spacial score (nSPS) is 10.3. The van der Waals surface area contributed by atoms with E-state index in [4.69, 9.17) is 4.74 Å². The second kappa shape index (κ2) is 7.34. The van der Waals surface area contributed by atoms with Gasteiger partial charge >= 0.3 is 6.09 Å². The summed E-state index contributed by atoms with van der Waals surface area (Å²) in [4.78, 5) is 23.9. The van der Waals surface area contributed by atoms with E-state index in [9.17, 15) is 9.59 Å². The Bertz CT molecular complexity index is 430. The molecule has 0 spiro atoms. The van der Waals surface area contributed by atoms with Gasteiger partial charge in [0.1, 0.15) is 6.54 Å². The van der Waals surface area contributed by atoms with E-state index in [0.29, 0.717) is 12.5 Å². The van der Waals surface area contributed by atoms with Gasteiger partial charge in [0.15, 0.2) is 5.82 Å². The van der Waals surface area contributed by atoms with Crippen molar-refractivity contribution in [2.75, 3.05) is 18.5 Å². The Hall–Kier alpha value is -2.12. The standard InChI is InChI=1S/C11H19N5O3/c1-4-19-11(18)14-9-6-13-16(15-9)7-10(17)12-5-8(2)3/h6,8H,4-5,7H2,1-3H3,(H,12,17)(H,14,15,18). The van der Waals surface area contributed by atoms with Gasteiger partial charge in [-0.15, -0.1) is 5.10 Å². The minimum atomic E-state index is -0.598. The molecule has 0 aromatic carbocycles. The van der Waals surface area contributed by atoms with Gasteiger partial charge in [-0.25, -0.2) is 4.79 Å². The Morgan fingerprint density at radius 3 is 2.84 bits per heavy atom. The molecule has 0 unspecified atom stereocenters. The van der Waals surface area contributed by atoms with Crippen LogP contribution in [0.2, 0.25) is 0 Å². The molecule has 1 rings (SSSR count). The van der Waals surface area contributed by atoms with Crippen LogP contribution in [0.15, 0.2) is 6.20 Å². The molecule has 2 N–H and O–H groups in total. The number of hydrogen-bond donors (Lipinski definition) is 2. The number of nitrogens with zero attached hydrogens (tertiary/aromatic N) is 3. The zero-order chi connectivity index (χ0) is 14.3. The van der Waals surface area contributed by atoms with Crippen LogP contribution < -0.4 is 10.6 Å². The number of amides is 2. The summed E-state index contributed by atoms with van der Waals surface area (Å²) < 4.78 is 4.69. The summed E-state index contributed by atoms with van der Waals surface area (Å²) in [6.45, 7) is 6.61. The molecule has 0 aliphatic carbocycles. The van der Waals surface area contributed by atoms with Gasteiger partial charge in [-0.1, -0.05) is 13.8 Å². The summed E-state index contributed by atoms with van der Waals surface area (Å²) in [5.41, 5.74) is 0. The third-order valence-corrected chi connectivity index (χ3v) is 2.03. The van der Waals surface area contributed by atoms with E-state index in [1.165, 1.54) is 11.0 Å². The van der Waals surface area contributed by atoms with Crippen molar-refractivity contribution >= 4 is 17.8 Å². The molecule has 1 aromatic rings. The van der Waals surface area contributed by atoms with E-state index in [0.717, 1.165) is 0 Å². The maximum absolute atomic E-state index is 11.5. The summed E-state index contributed by atoms with van der Waals surface area (Å²) in [6.07, 6.45) is 0.755. The number of nitrogens with one attached hydrogen (secondary N) is 2. The van der Waals surface area contributed by atoms with E-state index < -0.39 is 6.09 Å². The average Bonchev–Trinajstić information content (AvgIpc) is 2.74. The maximum Gasteiger partial charge on any atom is 0.412 e. The highest BCUT2D eigenvalue weighted by atomic mass is 16.5. The molecule has 0 fully saturated rings. The van der Waals surface area contributed by atoms with Gasteiger partial charge in [0, 0.05) is 6.54 Å². The fourth-order valence-corrected chi connectivity index (χ4v) is 1.20. The van der Waals surface area contributed by atoms with Crippen LogP contribution >= 0.6 is 0 Å². The van der Waals surface area contributed by atoms with Gasteiger partial charge < -0.3 is 10.1 Å². The van der Waals surface area contributed by atoms with Crippen LogP contribution in [0.3, 0.4) is 0 Å². The Morgan fingerprint density at radius 1 is 1.47 bits per heavy atom. The summed E-state index contributed by atoms with van der Waals surface area (Å²) in [5.74, 6) is 0.456. The third kappa shape index (κ3) is 5.84. The second-order valence-corrected chi connectivity index (χ2v) is 4.30. The van der Waals surface area contributed by atoms with Gasteiger partial charge in [-0.3, -0.25) is 10.1 Å². The minimum Gasteiger partial charge on any atom is -0.450 e. The maximum atomic E-state index is 11.5. The molecule has 0 saturated carbocycles. The van der Waals surface area contributed by atoms with Crippen molar-refractivity contribution in [3.63, 3.8) is 0 Å². The Balaban J connectivity index is 2.42. The molecule has 8 heteroatoms. The molecule has 0 aliphatic rings. The number of carbonyl (C=O) groups excluding carboxylic acids is 2. The summed E-state index contributed by atoms with van der Waals surface area (Å²) >= 11 is 0. The Labute approximate surface area is 111 Å². The molecular formula is C11H19N5O3. The first-order valence-electron chi connectivity index (χ1n) is 6.11. The lowest BCUT2D eigenvalue weighted by atomic mass is 10.2. The summed E-state index contributed by atoms with van der Waals surface area (Å²) in [7, 11) is 0. The van der Waals surface area contributed by atoms with Crippen molar-refractivity contribution in [3.8, 4) is 0 Å². The number of anilines is 1. The predicted octanol–water partition coefficient (Wildman–Crippen LogP) is 0.619. The lowest BCUT2D eigenvalue weighted by Crippen LogP contribution is -2.31. The van der Waals surface area contributed by atoms with E-state index in [-0.39, 0.29) is 24.9 Å². The van der Waals surface area contributed by atoms with Crippen molar-refractivity contribution in [2.45, 2.75) is 27.3 Å². The van der Waals surface area contributed by atoms with Crippen LogP contribution in [0.4, 0.5) is 10.6 Å². The molecular weight excluding hydrogens is 250 g/mol. The Morgan fingerprint density at radius 2 is 2.21 bits per heavy atom. The Kier molecular flexibility index (Phi) is 5.77. The van der Waals surface area contributed by atoms with Gasteiger partial charge in [0.25, 0.3) is 0 Å². The van der Waals surface area contributed by atoms with Crippen LogP contribution in [0, 0.1) is 5.92 Å². The highest BCUT2D eigenvalue weighted by Gasteiger charge is 2.09. The minimum absolute atomic E-state index is 0.0111. The van der Waals surface area contributed by atoms with Crippen LogP contribution in [0.1, 0.15) is 20.8 Å². The first-order valence-corrected chi connectivity index (χ1v) is 6.11. The fourth-order valence-electron chi connectivity index (χ4n) is 1.20. The van der Waals surface area contributed by atoms with Gasteiger partial charge in [0.2, 0.25) is 5.91 Å². The van der Waals surface area contributed by atoms with Crippen LogP contribution in [-0.4, -0.2) is 40.1 Å². The topological polar surface area (TPSA) is 98.1 Å². The van der Waals surface area contributed by atoms with Crippen molar-refractivity contribution in [2.24, 2.45) is 5.92 Å². The van der Waals surface area contributed by atoms with Crippen molar-refractivity contribution < 1.29 is 14.3 Å². The first-order chi connectivity index (χ1) is 9.01. The molecule has 106 valence electrons. The lowest BCUT2D eigenvalue weighted by molar-refractivity contribution is -0.122. The number of carbonyl (C=O) groups is 2. The highest BCUT2D eigenvalue weighted by Crippen LogP contribution is 1.99. The molecule has 8 nitrogen and oxygen atoms in total. The monoisotopic (exact) mass is 269 g/mol. The van der Waals surface area contributed by atoms with Gasteiger partial charge in [-0.05, 0) is 12.8 Å². The molecule has 0 bridgehead atoms. The summed E-state index contributed by atoms with van der Waals surface area (Å²) in [5, 5.41) is 13.0.